The third kappa shape index (κ3) is 5.31. The first-order valence-electron chi connectivity index (χ1n) is 9.06. The van der Waals surface area contributed by atoms with Crippen molar-refractivity contribution in [2.75, 3.05) is 19.7 Å². The third-order valence-electron chi connectivity index (χ3n) is 4.47. The van der Waals surface area contributed by atoms with Gasteiger partial charge in [0.1, 0.15) is 18.8 Å². The lowest BCUT2D eigenvalue weighted by Gasteiger charge is -2.34. The van der Waals surface area contributed by atoms with E-state index in [1.165, 1.54) is 0 Å². The topological polar surface area (TPSA) is 67.9 Å². The summed E-state index contributed by atoms with van der Waals surface area (Å²) in [5.41, 5.74) is 1.93. The van der Waals surface area contributed by atoms with Gasteiger partial charge in [-0.05, 0) is 18.1 Å². The van der Waals surface area contributed by atoms with E-state index < -0.39 is 12.1 Å². The van der Waals surface area contributed by atoms with Crippen LogP contribution >= 0.6 is 0 Å². The number of alkyl carbamates (subject to hydrolysis) is 1. The fourth-order valence-corrected chi connectivity index (χ4v) is 3.00. The summed E-state index contributed by atoms with van der Waals surface area (Å²) in [7, 11) is 0. The molecule has 0 radical (unpaired) electrons. The quantitative estimate of drug-likeness (QED) is 0.881. The van der Waals surface area contributed by atoms with Gasteiger partial charge in [-0.25, -0.2) is 4.79 Å². The van der Waals surface area contributed by atoms with Crippen molar-refractivity contribution in [3.63, 3.8) is 0 Å². The van der Waals surface area contributed by atoms with Gasteiger partial charge >= 0.3 is 6.09 Å². The highest BCUT2D eigenvalue weighted by atomic mass is 16.5. The van der Waals surface area contributed by atoms with Gasteiger partial charge in [0.05, 0.1) is 13.2 Å². The Morgan fingerprint density at radius 1 is 1.15 bits per heavy atom. The molecule has 27 heavy (non-hydrogen) atoms. The Bertz CT molecular complexity index is 751. The summed E-state index contributed by atoms with van der Waals surface area (Å²) >= 11 is 0. The highest BCUT2D eigenvalue weighted by molar-refractivity contribution is 5.85. The fourth-order valence-electron chi connectivity index (χ4n) is 3.00. The van der Waals surface area contributed by atoms with E-state index in [1.807, 2.05) is 60.7 Å². The highest BCUT2D eigenvalue weighted by Crippen LogP contribution is 2.22. The predicted octanol–water partition coefficient (Wildman–Crippen LogP) is 2.90. The second-order valence-corrected chi connectivity index (χ2v) is 6.48. The molecule has 1 fully saturated rings. The van der Waals surface area contributed by atoms with Gasteiger partial charge in [0, 0.05) is 6.54 Å². The first-order chi connectivity index (χ1) is 13.1. The van der Waals surface area contributed by atoms with E-state index in [1.54, 1.807) is 11.8 Å². The number of carbonyl (C=O) groups is 2. The Kier molecular flexibility index (Phi) is 6.44. The molecule has 0 saturated carbocycles. The number of benzene rings is 2. The van der Waals surface area contributed by atoms with E-state index >= 15 is 0 Å². The van der Waals surface area contributed by atoms with Gasteiger partial charge in [-0.15, -0.1) is 0 Å². The van der Waals surface area contributed by atoms with E-state index in [0.29, 0.717) is 19.7 Å². The Morgan fingerprint density at radius 2 is 1.81 bits per heavy atom. The molecule has 2 aromatic carbocycles. The van der Waals surface area contributed by atoms with Crippen LogP contribution < -0.4 is 5.32 Å². The van der Waals surface area contributed by atoms with Crippen molar-refractivity contribution in [2.45, 2.75) is 25.7 Å². The molecular formula is C21H24N2O4. The van der Waals surface area contributed by atoms with Crippen molar-refractivity contribution >= 4 is 12.0 Å². The SMILES string of the molecule is CC(NC(=O)OCc1ccccc1)C(=O)N1CCOC(c2ccccc2)C1. The average molecular weight is 368 g/mol. The zero-order valence-corrected chi connectivity index (χ0v) is 15.3. The summed E-state index contributed by atoms with van der Waals surface area (Å²) in [6, 6.07) is 18.6. The highest BCUT2D eigenvalue weighted by Gasteiger charge is 2.29. The maximum absolute atomic E-state index is 12.7. The summed E-state index contributed by atoms with van der Waals surface area (Å²) in [4.78, 5) is 26.4. The molecule has 1 heterocycles. The van der Waals surface area contributed by atoms with Crippen molar-refractivity contribution in [3.05, 3.63) is 71.8 Å². The predicted molar refractivity (Wildman–Crippen MR) is 101 cm³/mol. The summed E-state index contributed by atoms with van der Waals surface area (Å²) in [5.74, 6) is -0.143. The Morgan fingerprint density at radius 3 is 2.52 bits per heavy atom. The van der Waals surface area contributed by atoms with Gasteiger partial charge < -0.3 is 19.7 Å². The van der Waals surface area contributed by atoms with Gasteiger partial charge in [-0.1, -0.05) is 60.7 Å². The summed E-state index contributed by atoms with van der Waals surface area (Å²) in [5, 5.41) is 2.61. The summed E-state index contributed by atoms with van der Waals surface area (Å²) in [6.07, 6.45) is -0.756. The molecule has 142 valence electrons. The van der Waals surface area contributed by atoms with Gasteiger partial charge in [0.2, 0.25) is 5.91 Å². The van der Waals surface area contributed by atoms with E-state index in [4.69, 9.17) is 9.47 Å². The Labute approximate surface area is 159 Å². The molecule has 2 amide bonds. The molecule has 1 N–H and O–H groups in total. The number of nitrogens with zero attached hydrogens (tertiary/aromatic N) is 1. The second-order valence-electron chi connectivity index (χ2n) is 6.48. The molecule has 1 saturated heterocycles. The van der Waals surface area contributed by atoms with Crippen LogP contribution in [0.3, 0.4) is 0 Å². The van der Waals surface area contributed by atoms with Crippen LogP contribution in [0.5, 0.6) is 0 Å². The van der Waals surface area contributed by atoms with Gasteiger partial charge in [0.25, 0.3) is 0 Å². The van der Waals surface area contributed by atoms with Crippen molar-refractivity contribution in [3.8, 4) is 0 Å². The van der Waals surface area contributed by atoms with E-state index in [0.717, 1.165) is 11.1 Å². The average Bonchev–Trinajstić information content (AvgIpc) is 2.73. The maximum atomic E-state index is 12.7. The lowest BCUT2D eigenvalue weighted by atomic mass is 10.1. The smallest absolute Gasteiger partial charge is 0.408 e. The molecule has 6 nitrogen and oxygen atoms in total. The monoisotopic (exact) mass is 368 g/mol. The van der Waals surface area contributed by atoms with Crippen LogP contribution in [0, 0.1) is 0 Å². The zero-order chi connectivity index (χ0) is 19.1. The molecule has 1 aliphatic heterocycles. The minimum atomic E-state index is -0.664. The molecule has 6 heteroatoms. The normalized spacial score (nSPS) is 17.8. The van der Waals surface area contributed by atoms with Crippen LogP contribution in [0.25, 0.3) is 0 Å². The number of hydrogen-bond acceptors (Lipinski definition) is 4. The number of morpholine rings is 1. The van der Waals surface area contributed by atoms with Gasteiger partial charge in [-0.2, -0.15) is 0 Å². The Hall–Kier alpha value is -2.86. The van der Waals surface area contributed by atoms with Crippen molar-refractivity contribution in [1.82, 2.24) is 10.2 Å². The summed E-state index contributed by atoms with van der Waals surface area (Å²) in [6.45, 7) is 3.28. The lowest BCUT2D eigenvalue weighted by Crippen LogP contribution is -2.51. The zero-order valence-electron chi connectivity index (χ0n) is 15.3. The molecule has 0 bridgehead atoms. The molecule has 2 unspecified atom stereocenters. The largest absolute Gasteiger partial charge is 0.445 e. The number of nitrogens with one attached hydrogen (secondary N) is 1. The van der Waals surface area contributed by atoms with Gasteiger partial charge in [-0.3, -0.25) is 4.79 Å². The molecule has 3 rings (SSSR count). The summed E-state index contributed by atoms with van der Waals surface area (Å²) < 4.78 is 11.0. The fraction of sp³-hybridized carbons (Fsp3) is 0.333. The number of carbonyl (C=O) groups excluding carboxylic acids is 2. The van der Waals surface area contributed by atoms with Crippen LogP contribution in [0.15, 0.2) is 60.7 Å². The molecular weight excluding hydrogens is 344 g/mol. The number of hydrogen-bond donors (Lipinski definition) is 1. The van der Waals surface area contributed by atoms with Crippen molar-refractivity contribution in [2.24, 2.45) is 0 Å². The first kappa shape index (κ1) is 18.9. The third-order valence-corrected chi connectivity index (χ3v) is 4.47. The van der Waals surface area contributed by atoms with Crippen LogP contribution in [0.1, 0.15) is 24.2 Å². The van der Waals surface area contributed by atoms with E-state index in [9.17, 15) is 9.59 Å². The standard InChI is InChI=1S/C21H24N2O4/c1-16(22-21(25)27-15-17-8-4-2-5-9-17)20(24)23-12-13-26-19(14-23)18-10-6-3-7-11-18/h2-11,16,19H,12-15H2,1H3,(H,22,25). The minimum absolute atomic E-state index is 0.143. The van der Waals surface area contributed by atoms with Gasteiger partial charge in [0.15, 0.2) is 0 Å². The van der Waals surface area contributed by atoms with Crippen LogP contribution in [0.2, 0.25) is 0 Å². The minimum Gasteiger partial charge on any atom is -0.445 e. The van der Waals surface area contributed by atoms with E-state index in [-0.39, 0.29) is 18.6 Å². The van der Waals surface area contributed by atoms with Crippen LogP contribution in [0.4, 0.5) is 4.79 Å². The van der Waals surface area contributed by atoms with Crippen LogP contribution in [-0.2, 0) is 20.9 Å². The number of rotatable bonds is 5. The molecule has 0 aliphatic carbocycles. The number of ether oxygens (including phenoxy) is 2. The molecule has 2 atom stereocenters. The van der Waals surface area contributed by atoms with Crippen molar-refractivity contribution in [1.29, 1.82) is 0 Å². The first-order valence-corrected chi connectivity index (χ1v) is 9.06. The van der Waals surface area contributed by atoms with Crippen molar-refractivity contribution < 1.29 is 19.1 Å². The number of amides is 2. The second kappa shape index (κ2) is 9.19. The molecule has 1 aliphatic rings. The van der Waals surface area contributed by atoms with E-state index in [2.05, 4.69) is 5.32 Å². The lowest BCUT2D eigenvalue weighted by molar-refractivity contribution is -0.140. The molecule has 0 spiro atoms. The van der Waals surface area contributed by atoms with Crippen LogP contribution in [-0.4, -0.2) is 42.6 Å². The molecule has 2 aromatic rings. The Balaban J connectivity index is 1.49. The molecule has 0 aromatic heterocycles. The maximum Gasteiger partial charge on any atom is 0.408 e.